The van der Waals surface area contributed by atoms with Gasteiger partial charge in [0, 0.05) is 17.0 Å². The Morgan fingerprint density at radius 3 is 1.38 bits per heavy atom. The molecule has 0 spiro atoms. The summed E-state index contributed by atoms with van der Waals surface area (Å²) in [6, 6.07) is 41.7. The maximum Gasteiger partial charge on any atom is 0.0433 e. The van der Waals surface area contributed by atoms with E-state index in [0.717, 1.165) is 16.4 Å². The molecule has 29 heavy (non-hydrogen) atoms. The van der Waals surface area contributed by atoms with Crippen LogP contribution < -0.4 is 10.6 Å². The quantitative estimate of drug-likeness (QED) is 0.302. The minimum absolute atomic E-state index is 0.802. The third-order valence-corrected chi connectivity index (χ3v) is 6.69. The molecule has 0 bridgehead atoms. The van der Waals surface area contributed by atoms with Crippen LogP contribution in [0.5, 0.6) is 0 Å². The maximum atomic E-state index is 3.62. The van der Waals surface area contributed by atoms with Gasteiger partial charge in [-0.05, 0) is 36.2 Å². The zero-order valence-electron chi connectivity index (χ0n) is 16.0. The van der Waals surface area contributed by atoms with Gasteiger partial charge in [0.1, 0.15) is 0 Å². The summed E-state index contributed by atoms with van der Waals surface area (Å²) in [4.78, 5) is 0. The van der Waals surface area contributed by atoms with E-state index >= 15 is 0 Å². The molecule has 0 aliphatic heterocycles. The van der Waals surface area contributed by atoms with Gasteiger partial charge in [-0.25, -0.2) is 0 Å². The molecular weight excluding hydrogens is 367 g/mol. The molecule has 0 aromatic heterocycles. The van der Waals surface area contributed by atoms with Crippen molar-refractivity contribution in [1.29, 1.82) is 0 Å². The largest absolute Gasteiger partial charge is 0.0622 e. The lowest BCUT2D eigenvalue weighted by Gasteiger charge is -2.18. The fourth-order valence-electron chi connectivity index (χ4n) is 3.02. The van der Waals surface area contributed by atoms with Gasteiger partial charge in [0.05, 0.1) is 0 Å². The molecule has 4 rings (SSSR count). The molecule has 0 saturated carbocycles. The lowest BCUT2D eigenvalue weighted by atomic mass is 10.2. The fourth-order valence-corrected chi connectivity index (χ4v) is 5.18. The minimum Gasteiger partial charge on any atom is -0.0622 e. The van der Waals surface area contributed by atoms with Crippen LogP contribution in [0.25, 0.3) is 0 Å². The highest BCUT2D eigenvalue weighted by Crippen LogP contribution is 2.42. The molecule has 4 aromatic carbocycles. The van der Waals surface area contributed by atoms with Gasteiger partial charge in [-0.3, -0.25) is 0 Å². The van der Waals surface area contributed by atoms with Gasteiger partial charge < -0.3 is 0 Å². The van der Waals surface area contributed by atoms with E-state index in [9.17, 15) is 0 Å². The van der Waals surface area contributed by atoms with Gasteiger partial charge in [0.15, 0.2) is 0 Å². The molecule has 0 N–H and O–H groups in total. The zero-order chi connectivity index (χ0) is 19.7. The highest BCUT2D eigenvalue weighted by atomic mass is 31.1. The molecule has 0 atom stereocenters. The monoisotopic (exact) mass is 387 g/mol. The van der Waals surface area contributed by atoms with Crippen molar-refractivity contribution in [2.24, 2.45) is 0 Å². The normalized spacial score (nSPS) is 11.0. The first-order valence-corrected chi connectivity index (χ1v) is 10.9. The number of benzene rings is 4. The van der Waals surface area contributed by atoms with Gasteiger partial charge in [-0.1, -0.05) is 121 Å². The van der Waals surface area contributed by atoms with Crippen molar-refractivity contribution in [1.82, 2.24) is 0 Å². The lowest BCUT2D eigenvalue weighted by molar-refractivity contribution is 1.56. The zero-order valence-corrected chi connectivity index (χ0v) is 16.9. The van der Waals surface area contributed by atoms with E-state index in [2.05, 4.69) is 90.7 Å². The highest BCUT2D eigenvalue weighted by molar-refractivity contribution is 7.77. The molecule has 0 fully saturated rings. The fraction of sp³-hybridized carbons (Fsp3) is 0. The van der Waals surface area contributed by atoms with Crippen molar-refractivity contribution in [3.63, 3.8) is 0 Å². The van der Waals surface area contributed by atoms with E-state index < -0.39 is 7.92 Å². The molecule has 0 aliphatic rings. The molecule has 1 heteroatoms. The molecule has 0 aliphatic carbocycles. The summed E-state index contributed by atoms with van der Waals surface area (Å²) in [7, 11) is -0.802. The second-order valence-electron chi connectivity index (χ2n) is 6.46. The second kappa shape index (κ2) is 9.70. The van der Waals surface area contributed by atoms with Crippen molar-refractivity contribution < 1.29 is 0 Å². The first-order chi connectivity index (χ1) is 14.4. The average molecular weight is 387 g/mol. The Kier molecular flexibility index (Phi) is 6.34. The summed E-state index contributed by atoms with van der Waals surface area (Å²) in [6.45, 7) is 0. The van der Waals surface area contributed by atoms with E-state index in [4.69, 9.17) is 0 Å². The number of hydrogen-bond acceptors (Lipinski definition) is 0. The first kappa shape index (κ1) is 18.9. The van der Waals surface area contributed by atoms with Gasteiger partial charge in [-0.15, -0.1) is 0 Å². The number of hydrogen-bond donors (Lipinski definition) is 0. The van der Waals surface area contributed by atoms with Gasteiger partial charge in [-0.2, -0.15) is 0 Å². The van der Waals surface area contributed by atoms with Gasteiger partial charge in [0.2, 0.25) is 0 Å². The van der Waals surface area contributed by atoms with Gasteiger partial charge >= 0.3 is 0 Å². The molecule has 0 heterocycles. The molecule has 0 amide bonds. The lowest BCUT2D eigenvalue weighted by Crippen LogP contribution is -2.12. The Morgan fingerprint density at radius 2 is 0.897 bits per heavy atom. The van der Waals surface area contributed by atoms with Crippen molar-refractivity contribution in [3.8, 4) is 11.8 Å². The summed E-state index contributed by atoms with van der Waals surface area (Å²) >= 11 is 0. The van der Waals surface area contributed by atoms with Crippen molar-refractivity contribution in [2.75, 3.05) is 0 Å². The molecule has 0 nitrogen and oxygen atoms in total. The highest BCUT2D eigenvalue weighted by Gasteiger charge is 2.18. The summed E-state index contributed by atoms with van der Waals surface area (Å²) in [6.07, 6.45) is 3.62. The van der Waals surface area contributed by atoms with E-state index in [1.807, 2.05) is 48.5 Å². The molecule has 4 aromatic rings. The van der Waals surface area contributed by atoms with Crippen LogP contribution in [0.3, 0.4) is 0 Å². The van der Waals surface area contributed by atoms with E-state index in [-0.39, 0.29) is 0 Å². The summed E-state index contributed by atoms with van der Waals surface area (Å²) in [5.41, 5.74) is 2.06. The van der Waals surface area contributed by atoms with E-state index in [0.29, 0.717) is 0 Å². The average Bonchev–Trinajstić information content (AvgIpc) is 2.80. The molecule has 0 saturated heterocycles. The van der Waals surface area contributed by atoms with Crippen LogP contribution in [0.15, 0.2) is 127 Å². The third-order valence-electron chi connectivity index (χ3n) is 4.39. The van der Waals surface area contributed by atoms with E-state index in [1.165, 1.54) is 10.6 Å². The Labute approximate surface area is 174 Å². The Morgan fingerprint density at radius 1 is 0.483 bits per heavy atom. The SMILES string of the molecule is [C](=C(C#Cc1ccccc1)P(c1ccccc1)c1ccccc1)c1ccccc1. The number of allylic oxidation sites excluding steroid dienone is 1. The van der Waals surface area contributed by atoms with Crippen LogP contribution in [0.4, 0.5) is 0 Å². The van der Waals surface area contributed by atoms with Gasteiger partial charge in [0.25, 0.3) is 0 Å². The summed E-state index contributed by atoms with van der Waals surface area (Å²) < 4.78 is 0. The molecule has 0 unspecified atom stereocenters. The minimum atomic E-state index is -0.802. The predicted octanol–water partition coefficient (Wildman–Crippen LogP) is 5.91. The Balaban J connectivity index is 1.87. The topological polar surface area (TPSA) is 0 Å². The van der Waals surface area contributed by atoms with Crippen LogP contribution in [-0.2, 0) is 0 Å². The third kappa shape index (κ3) is 5.11. The Bertz CT molecular complexity index is 1080. The Hall–Kier alpha value is -3.39. The smallest absolute Gasteiger partial charge is 0.0433 e. The van der Waals surface area contributed by atoms with E-state index in [1.54, 1.807) is 0 Å². The van der Waals surface area contributed by atoms with Crippen molar-refractivity contribution >= 4 is 18.5 Å². The summed E-state index contributed by atoms with van der Waals surface area (Å²) in [5, 5.41) is 3.57. The molecular formula is C28H20P. The van der Waals surface area contributed by atoms with Crippen LogP contribution >= 0.6 is 7.92 Å². The number of rotatable bonds is 4. The van der Waals surface area contributed by atoms with Crippen molar-refractivity contribution in [3.05, 3.63) is 144 Å². The molecule has 1 radical (unpaired) electrons. The van der Waals surface area contributed by atoms with Crippen LogP contribution in [-0.4, -0.2) is 0 Å². The van der Waals surface area contributed by atoms with Crippen LogP contribution in [0.2, 0.25) is 0 Å². The maximum absolute atomic E-state index is 3.62. The molecule has 137 valence electrons. The first-order valence-electron chi connectivity index (χ1n) is 9.56. The standard InChI is InChI=1S/C28H20P/c1-5-13-24(14-6-1)21-22-28(23-25-15-7-2-8-16-25)29(26-17-9-3-10-18-26)27-19-11-4-12-20-27/h1-20H. The van der Waals surface area contributed by atoms with Crippen LogP contribution in [0, 0.1) is 17.9 Å². The predicted molar refractivity (Wildman–Crippen MR) is 125 cm³/mol. The van der Waals surface area contributed by atoms with Crippen molar-refractivity contribution in [2.45, 2.75) is 0 Å². The second-order valence-corrected chi connectivity index (χ2v) is 8.61. The summed E-state index contributed by atoms with van der Waals surface area (Å²) in [5.74, 6) is 6.82. The van der Waals surface area contributed by atoms with Crippen LogP contribution in [0.1, 0.15) is 11.1 Å².